The van der Waals surface area contributed by atoms with Crippen molar-refractivity contribution >= 4 is 34.5 Å². The second kappa shape index (κ2) is 10.4. The Morgan fingerprint density at radius 2 is 1.07 bits per heavy atom. The minimum Gasteiger partial charge on any atom is -0.375 e. The summed E-state index contributed by atoms with van der Waals surface area (Å²) in [7, 11) is 12.9. The van der Waals surface area contributed by atoms with E-state index in [1.807, 2.05) is 11.8 Å². The largest absolute Gasteiger partial charge is 0.375 e. The monoisotopic (exact) mass is 427 g/mol. The molecule has 6 heteroatoms. The molecule has 0 spiro atoms. The Morgan fingerprint density at radius 1 is 0.633 bits per heavy atom. The van der Waals surface area contributed by atoms with Gasteiger partial charge in [-0.15, -0.1) is 0 Å². The third-order valence-electron chi connectivity index (χ3n) is 5.50. The van der Waals surface area contributed by atoms with Crippen molar-refractivity contribution in [2.24, 2.45) is 0 Å². The maximum atomic E-state index is 3.62. The Labute approximate surface area is 187 Å². The van der Waals surface area contributed by atoms with Gasteiger partial charge < -0.3 is 24.9 Å². The Morgan fingerprint density at radius 3 is 1.47 bits per heavy atom. The summed E-state index contributed by atoms with van der Waals surface area (Å²) in [4.78, 5) is 11.8. The fourth-order valence-corrected chi connectivity index (χ4v) is 4.70. The first-order valence-corrected chi connectivity index (χ1v) is 11.6. The Bertz CT molecular complexity index is 769. The Balaban J connectivity index is 1.67. The molecule has 1 aliphatic heterocycles. The summed E-state index contributed by atoms with van der Waals surface area (Å²) in [5, 5.41) is 3.62. The molecule has 0 saturated heterocycles. The van der Waals surface area contributed by atoms with Crippen molar-refractivity contribution in [1.82, 2.24) is 9.80 Å². The molecule has 0 amide bonds. The standard InChI is InChI=1S/C24H37N5S/c1-26(2)13-7-15-28(5)19-9-11-21-23(17-19)30-24-18-20(10-12-22(24)25-21)29(6)16-8-14-27(3)4/h9-12,17-18,25H,7-8,13-16H2,1-6H3. The van der Waals surface area contributed by atoms with E-state index in [4.69, 9.17) is 0 Å². The number of hydrogen-bond acceptors (Lipinski definition) is 6. The van der Waals surface area contributed by atoms with E-state index < -0.39 is 0 Å². The van der Waals surface area contributed by atoms with Gasteiger partial charge in [-0.05, 0) is 90.5 Å². The second-order valence-corrected chi connectivity index (χ2v) is 9.83. The summed E-state index contributed by atoms with van der Waals surface area (Å²) in [5.74, 6) is 0. The van der Waals surface area contributed by atoms with Crippen molar-refractivity contribution in [2.75, 3.05) is 83.6 Å². The Hall–Kier alpha value is -1.89. The highest BCUT2D eigenvalue weighted by molar-refractivity contribution is 7.99. The van der Waals surface area contributed by atoms with Gasteiger partial charge in [-0.25, -0.2) is 0 Å². The lowest BCUT2D eigenvalue weighted by atomic mass is 10.2. The van der Waals surface area contributed by atoms with Gasteiger partial charge in [0.05, 0.1) is 11.4 Å². The molecule has 1 aliphatic rings. The first-order chi connectivity index (χ1) is 14.3. The summed E-state index contributed by atoms with van der Waals surface area (Å²) in [6.07, 6.45) is 2.33. The van der Waals surface area contributed by atoms with E-state index in [9.17, 15) is 0 Å². The summed E-state index contributed by atoms with van der Waals surface area (Å²) >= 11 is 1.87. The molecule has 0 saturated carbocycles. The first-order valence-electron chi connectivity index (χ1n) is 10.8. The van der Waals surface area contributed by atoms with E-state index in [1.54, 1.807) is 0 Å². The average Bonchev–Trinajstić information content (AvgIpc) is 2.70. The number of anilines is 4. The van der Waals surface area contributed by atoms with Crippen LogP contribution in [0.4, 0.5) is 22.7 Å². The number of hydrogen-bond donors (Lipinski definition) is 1. The molecule has 0 fully saturated rings. The van der Waals surface area contributed by atoms with E-state index in [0.717, 1.165) is 26.2 Å². The quantitative estimate of drug-likeness (QED) is 0.505. The van der Waals surface area contributed by atoms with Gasteiger partial charge in [0.15, 0.2) is 0 Å². The highest BCUT2D eigenvalue weighted by atomic mass is 32.2. The van der Waals surface area contributed by atoms with Gasteiger partial charge in [0.2, 0.25) is 0 Å². The van der Waals surface area contributed by atoms with Crippen LogP contribution in [0.2, 0.25) is 0 Å². The van der Waals surface area contributed by atoms with Crippen molar-refractivity contribution in [3.8, 4) is 0 Å². The molecule has 0 radical (unpaired) electrons. The molecule has 1 heterocycles. The van der Waals surface area contributed by atoms with Gasteiger partial charge in [-0.2, -0.15) is 0 Å². The van der Waals surface area contributed by atoms with E-state index in [0.29, 0.717) is 0 Å². The van der Waals surface area contributed by atoms with Crippen LogP contribution in [0.25, 0.3) is 0 Å². The van der Waals surface area contributed by atoms with Gasteiger partial charge >= 0.3 is 0 Å². The molecule has 1 N–H and O–H groups in total. The number of rotatable bonds is 10. The van der Waals surface area contributed by atoms with Gasteiger partial charge in [0.1, 0.15) is 0 Å². The molecule has 3 rings (SSSR count). The number of nitrogens with one attached hydrogen (secondary N) is 1. The van der Waals surface area contributed by atoms with Crippen LogP contribution in [0.3, 0.4) is 0 Å². The molecule has 0 aliphatic carbocycles. The van der Waals surface area contributed by atoms with Crippen molar-refractivity contribution in [3.05, 3.63) is 36.4 Å². The normalized spacial score (nSPS) is 12.5. The van der Waals surface area contributed by atoms with E-state index in [-0.39, 0.29) is 0 Å². The third kappa shape index (κ3) is 6.06. The number of nitrogens with zero attached hydrogens (tertiary/aromatic N) is 4. The molecule has 0 bridgehead atoms. The second-order valence-electron chi connectivity index (χ2n) is 8.74. The predicted octanol–water partition coefficient (Wildman–Crippen LogP) is 4.67. The zero-order valence-electron chi connectivity index (χ0n) is 19.4. The first kappa shape index (κ1) is 22.8. The van der Waals surface area contributed by atoms with Crippen LogP contribution in [-0.2, 0) is 0 Å². The van der Waals surface area contributed by atoms with Gasteiger partial charge in [-0.3, -0.25) is 0 Å². The fraction of sp³-hybridized carbons (Fsp3) is 0.500. The summed E-state index contributed by atoms with van der Waals surface area (Å²) in [6.45, 7) is 4.36. The lowest BCUT2D eigenvalue weighted by Crippen LogP contribution is -2.23. The molecular weight excluding hydrogens is 390 g/mol. The zero-order chi connectivity index (χ0) is 21.7. The smallest absolute Gasteiger partial charge is 0.0527 e. The van der Waals surface area contributed by atoms with E-state index in [2.05, 4.69) is 104 Å². The van der Waals surface area contributed by atoms with E-state index in [1.165, 1.54) is 45.4 Å². The predicted molar refractivity (Wildman–Crippen MR) is 133 cm³/mol. The average molecular weight is 428 g/mol. The van der Waals surface area contributed by atoms with E-state index >= 15 is 0 Å². The van der Waals surface area contributed by atoms with Crippen LogP contribution < -0.4 is 15.1 Å². The molecule has 5 nitrogen and oxygen atoms in total. The molecular formula is C24H37N5S. The van der Waals surface area contributed by atoms with Gasteiger partial charge in [-0.1, -0.05) is 11.8 Å². The van der Waals surface area contributed by atoms with Crippen LogP contribution in [0.15, 0.2) is 46.2 Å². The van der Waals surface area contributed by atoms with Crippen LogP contribution in [0, 0.1) is 0 Å². The molecule has 2 aromatic carbocycles. The third-order valence-corrected chi connectivity index (χ3v) is 6.61. The SMILES string of the molecule is CN(C)CCCN(C)c1ccc2c(c1)Sc1cc(N(C)CCCN(C)C)ccc1N2. The fourth-order valence-electron chi connectivity index (χ4n) is 3.64. The van der Waals surface area contributed by atoms with Crippen LogP contribution in [0.1, 0.15) is 12.8 Å². The number of benzene rings is 2. The van der Waals surface area contributed by atoms with Crippen LogP contribution in [0.5, 0.6) is 0 Å². The molecule has 0 aromatic heterocycles. The highest BCUT2D eigenvalue weighted by Crippen LogP contribution is 2.46. The minimum atomic E-state index is 1.06. The minimum absolute atomic E-state index is 1.06. The van der Waals surface area contributed by atoms with Crippen molar-refractivity contribution in [1.29, 1.82) is 0 Å². The topological polar surface area (TPSA) is 25.0 Å². The lowest BCUT2D eigenvalue weighted by Gasteiger charge is -2.27. The highest BCUT2D eigenvalue weighted by Gasteiger charge is 2.18. The van der Waals surface area contributed by atoms with Crippen molar-refractivity contribution in [3.63, 3.8) is 0 Å². The van der Waals surface area contributed by atoms with Crippen LogP contribution >= 0.6 is 11.8 Å². The van der Waals surface area contributed by atoms with Crippen molar-refractivity contribution < 1.29 is 0 Å². The molecule has 0 unspecified atom stereocenters. The zero-order valence-corrected chi connectivity index (χ0v) is 20.2. The molecule has 164 valence electrons. The van der Waals surface area contributed by atoms with Crippen molar-refractivity contribution in [2.45, 2.75) is 22.6 Å². The summed E-state index contributed by atoms with van der Waals surface area (Å²) in [6, 6.07) is 13.5. The maximum Gasteiger partial charge on any atom is 0.0527 e. The Kier molecular flexibility index (Phi) is 7.92. The van der Waals surface area contributed by atoms with Crippen LogP contribution in [-0.4, -0.2) is 78.3 Å². The number of fused-ring (bicyclic) bond motifs is 2. The summed E-state index contributed by atoms with van der Waals surface area (Å²) < 4.78 is 0. The molecule has 2 aromatic rings. The van der Waals surface area contributed by atoms with Gasteiger partial charge in [0, 0.05) is 48.4 Å². The molecule has 30 heavy (non-hydrogen) atoms. The lowest BCUT2D eigenvalue weighted by molar-refractivity contribution is 0.401. The molecule has 0 atom stereocenters. The van der Waals surface area contributed by atoms with Gasteiger partial charge in [0.25, 0.3) is 0 Å². The maximum absolute atomic E-state index is 3.62. The summed E-state index contributed by atoms with van der Waals surface area (Å²) in [5.41, 5.74) is 4.96.